The van der Waals surface area contributed by atoms with Crippen molar-refractivity contribution in [3.63, 3.8) is 0 Å². The van der Waals surface area contributed by atoms with E-state index >= 15 is 0 Å². The molecular formula is C16H15FN2O2. The Kier molecular flexibility index (Phi) is 3.35. The SMILES string of the molecule is NCC1Cc2c(F)ccc(-c3ccc(C(N)=O)cc3)c2O1. The van der Waals surface area contributed by atoms with Crippen LogP contribution in [0.4, 0.5) is 4.39 Å². The Hall–Kier alpha value is -2.40. The average Bonchev–Trinajstić information content (AvgIpc) is 2.93. The van der Waals surface area contributed by atoms with Gasteiger partial charge in [-0.3, -0.25) is 4.79 Å². The summed E-state index contributed by atoms with van der Waals surface area (Å²) in [6, 6.07) is 9.93. The highest BCUT2D eigenvalue weighted by Gasteiger charge is 2.27. The third kappa shape index (κ3) is 2.36. The van der Waals surface area contributed by atoms with Crippen LogP contribution in [0.3, 0.4) is 0 Å². The zero-order valence-electron chi connectivity index (χ0n) is 11.3. The number of hydrogen-bond acceptors (Lipinski definition) is 3. The first kappa shape index (κ1) is 13.6. The first-order valence-electron chi connectivity index (χ1n) is 6.68. The minimum atomic E-state index is -0.481. The third-order valence-corrected chi connectivity index (χ3v) is 3.66. The molecule has 0 saturated carbocycles. The molecule has 0 spiro atoms. The van der Waals surface area contributed by atoms with Crippen LogP contribution in [-0.2, 0) is 6.42 Å². The molecule has 108 valence electrons. The quantitative estimate of drug-likeness (QED) is 0.904. The predicted octanol–water partition coefficient (Wildman–Crippen LogP) is 1.85. The molecule has 1 aliphatic heterocycles. The van der Waals surface area contributed by atoms with Gasteiger partial charge in [0.25, 0.3) is 0 Å². The van der Waals surface area contributed by atoms with Crippen LogP contribution >= 0.6 is 0 Å². The number of benzene rings is 2. The van der Waals surface area contributed by atoms with Crippen LogP contribution in [0.15, 0.2) is 36.4 Å². The average molecular weight is 286 g/mol. The second kappa shape index (κ2) is 5.18. The van der Waals surface area contributed by atoms with E-state index in [1.165, 1.54) is 6.07 Å². The molecule has 4 nitrogen and oxygen atoms in total. The first-order valence-corrected chi connectivity index (χ1v) is 6.68. The predicted molar refractivity (Wildman–Crippen MR) is 77.5 cm³/mol. The van der Waals surface area contributed by atoms with Gasteiger partial charge in [0.1, 0.15) is 17.7 Å². The lowest BCUT2D eigenvalue weighted by Gasteiger charge is -2.11. The molecule has 2 aromatic carbocycles. The molecule has 1 unspecified atom stereocenters. The molecule has 1 atom stereocenters. The van der Waals surface area contributed by atoms with Crippen LogP contribution in [-0.4, -0.2) is 18.6 Å². The van der Waals surface area contributed by atoms with Crippen molar-refractivity contribution >= 4 is 5.91 Å². The van der Waals surface area contributed by atoms with Crippen molar-refractivity contribution in [1.29, 1.82) is 0 Å². The van der Waals surface area contributed by atoms with Crippen LogP contribution in [0.5, 0.6) is 5.75 Å². The molecule has 5 heteroatoms. The molecule has 0 aromatic heterocycles. The van der Waals surface area contributed by atoms with Crippen molar-refractivity contribution in [2.45, 2.75) is 12.5 Å². The van der Waals surface area contributed by atoms with Crippen molar-refractivity contribution in [1.82, 2.24) is 0 Å². The monoisotopic (exact) mass is 286 g/mol. The Labute approximate surface area is 121 Å². The molecule has 21 heavy (non-hydrogen) atoms. The summed E-state index contributed by atoms with van der Waals surface area (Å²) in [6.07, 6.45) is 0.283. The first-order chi connectivity index (χ1) is 10.1. The lowest BCUT2D eigenvalue weighted by atomic mass is 9.99. The summed E-state index contributed by atoms with van der Waals surface area (Å²) in [7, 11) is 0. The van der Waals surface area contributed by atoms with E-state index in [4.69, 9.17) is 16.2 Å². The van der Waals surface area contributed by atoms with Crippen LogP contribution in [0.1, 0.15) is 15.9 Å². The highest BCUT2D eigenvalue weighted by molar-refractivity contribution is 5.93. The number of primary amides is 1. The molecule has 1 heterocycles. The van der Waals surface area contributed by atoms with Gasteiger partial charge in [-0.1, -0.05) is 12.1 Å². The van der Waals surface area contributed by atoms with Crippen molar-refractivity contribution in [2.75, 3.05) is 6.54 Å². The number of ether oxygens (including phenoxy) is 1. The van der Waals surface area contributed by atoms with Gasteiger partial charge in [0.2, 0.25) is 5.91 Å². The Morgan fingerprint density at radius 3 is 2.57 bits per heavy atom. The number of fused-ring (bicyclic) bond motifs is 1. The minimum Gasteiger partial charge on any atom is -0.488 e. The van der Waals surface area contributed by atoms with E-state index in [-0.39, 0.29) is 11.9 Å². The normalized spacial score (nSPS) is 16.4. The van der Waals surface area contributed by atoms with E-state index in [9.17, 15) is 9.18 Å². The Balaban J connectivity index is 2.04. The van der Waals surface area contributed by atoms with Gasteiger partial charge in [-0.25, -0.2) is 4.39 Å². The standard InChI is InChI=1S/C16H15FN2O2/c17-14-6-5-12(15-13(14)7-11(8-18)21-15)9-1-3-10(4-2-9)16(19)20/h1-6,11H,7-8,18H2,(H2,19,20). The number of carbonyl (C=O) groups excluding carboxylic acids is 1. The molecule has 0 radical (unpaired) electrons. The minimum absolute atomic E-state index is 0.194. The second-order valence-corrected chi connectivity index (χ2v) is 5.02. The highest BCUT2D eigenvalue weighted by atomic mass is 19.1. The number of nitrogens with two attached hydrogens (primary N) is 2. The van der Waals surface area contributed by atoms with E-state index < -0.39 is 5.91 Å². The molecular weight excluding hydrogens is 271 g/mol. The number of carbonyl (C=O) groups is 1. The smallest absolute Gasteiger partial charge is 0.248 e. The van der Waals surface area contributed by atoms with Crippen LogP contribution in [0, 0.1) is 5.82 Å². The number of hydrogen-bond donors (Lipinski definition) is 2. The molecule has 1 aliphatic rings. The zero-order valence-corrected chi connectivity index (χ0v) is 11.3. The lowest BCUT2D eigenvalue weighted by molar-refractivity contribution is 0.100. The summed E-state index contributed by atoms with van der Waals surface area (Å²) in [5.41, 5.74) is 13.4. The fraction of sp³-hybridized carbons (Fsp3) is 0.188. The van der Waals surface area contributed by atoms with Gasteiger partial charge in [-0.2, -0.15) is 0 Å². The van der Waals surface area contributed by atoms with Gasteiger partial charge < -0.3 is 16.2 Å². The topological polar surface area (TPSA) is 78.3 Å². The van der Waals surface area contributed by atoms with Gasteiger partial charge in [-0.15, -0.1) is 0 Å². The van der Waals surface area contributed by atoms with Crippen LogP contribution in [0.2, 0.25) is 0 Å². The Morgan fingerprint density at radius 2 is 1.95 bits per heavy atom. The van der Waals surface area contributed by atoms with Gasteiger partial charge in [0.15, 0.2) is 0 Å². The summed E-state index contributed by atoms with van der Waals surface area (Å²) < 4.78 is 19.6. The zero-order chi connectivity index (χ0) is 15.0. The van der Waals surface area contributed by atoms with Crippen molar-refractivity contribution in [3.05, 3.63) is 53.3 Å². The fourth-order valence-corrected chi connectivity index (χ4v) is 2.54. The molecule has 0 bridgehead atoms. The lowest BCUT2D eigenvalue weighted by Crippen LogP contribution is -2.24. The number of halogens is 1. The largest absolute Gasteiger partial charge is 0.488 e. The van der Waals surface area contributed by atoms with Gasteiger partial charge in [0, 0.05) is 29.7 Å². The summed E-state index contributed by atoms with van der Waals surface area (Å²) in [5.74, 6) is -0.221. The Morgan fingerprint density at radius 1 is 1.24 bits per heavy atom. The maximum Gasteiger partial charge on any atom is 0.248 e. The van der Waals surface area contributed by atoms with Gasteiger partial charge >= 0.3 is 0 Å². The van der Waals surface area contributed by atoms with Crippen LogP contribution in [0.25, 0.3) is 11.1 Å². The fourth-order valence-electron chi connectivity index (χ4n) is 2.54. The Bertz CT molecular complexity index is 698. The maximum atomic E-state index is 13.9. The van der Waals surface area contributed by atoms with E-state index in [1.54, 1.807) is 30.3 Å². The van der Waals surface area contributed by atoms with Crippen LogP contribution < -0.4 is 16.2 Å². The summed E-state index contributed by atoms with van der Waals surface area (Å²) in [6.45, 7) is 0.341. The van der Waals surface area contributed by atoms with Crippen molar-refractivity contribution < 1.29 is 13.9 Å². The summed E-state index contributed by atoms with van der Waals surface area (Å²) in [4.78, 5) is 11.1. The highest BCUT2D eigenvalue weighted by Crippen LogP contribution is 2.40. The molecule has 0 saturated heterocycles. The van der Waals surface area contributed by atoms with E-state index in [2.05, 4.69) is 0 Å². The molecule has 3 rings (SSSR count). The maximum absolute atomic E-state index is 13.9. The summed E-state index contributed by atoms with van der Waals surface area (Å²) >= 11 is 0. The molecule has 1 amide bonds. The second-order valence-electron chi connectivity index (χ2n) is 5.02. The van der Waals surface area contributed by atoms with Gasteiger partial charge in [-0.05, 0) is 29.8 Å². The molecule has 4 N–H and O–H groups in total. The molecule has 0 fully saturated rings. The number of amides is 1. The van der Waals surface area contributed by atoms with Crippen molar-refractivity contribution in [3.8, 4) is 16.9 Å². The van der Waals surface area contributed by atoms with Gasteiger partial charge in [0.05, 0.1) is 0 Å². The summed E-state index contributed by atoms with van der Waals surface area (Å²) in [5, 5.41) is 0. The van der Waals surface area contributed by atoms with E-state index in [1.807, 2.05) is 0 Å². The molecule has 0 aliphatic carbocycles. The third-order valence-electron chi connectivity index (χ3n) is 3.66. The van der Waals surface area contributed by atoms with Crippen molar-refractivity contribution in [2.24, 2.45) is 11.5 Å². The van der Waals surface area contributed by atoms with E-state index in [0.29, 0.717) is 29.8 Å². The number of rotatable bonds is 3. The van der Waals surface area contributed by atoms with E-state index in [0.717, 1.165) is 11.1 Å². The molecule has 2 aromatic rings.